The molecule has 4 heterocycles. The predicted molar refractivity (Wildman–Crippen MR) is 96.6 cm³/mol. The van der Waals surface area contributed by atoms with Gasteiger partial charge in [0.1, 0.15) is 22.8 Å². The third-order valence-electron chi connectivity index (χ3n) is 4.10. The van der Waals surface area contributed by atoms with Gasteiger partial charge in [-0.3, -0.25) is 0 Å². The molecule has 7 heteroatoms. The summed E-state index contributed by atoms with van der Waals surface area (Å²) in [6.45, 7) is 5.33. The molecule has 0 bridgehead atoms. The predicted octanol–water partition coefficient (Wildman–Crippen LogP) is 2.92. The molecule has 0 radical (unpaired) electrons. The first kappa shape index (κ1) is 15.3. The summed E-state index contributed by atoms with van der Waals surface area (Å²) in [5.41, 5.74) is 1.13. The molecule has 24 heavy (non-hydrogen) atoms. The van der Waals surface area contributed by atoms with Gasteiger partial charge in [-0.05, 0) is 30.0 Å². The van der Waals surface area contributed by atoms with Crippen molar-refractivity contribution in [2.75, 3.05) is 29.9 Å². The highest BCUT2D eigenvalue weighted by Crippen LogP contribution is 2.24. The zero-order valence-corrected chi connectivity index (χ0v) is 14.3. The van der Waals surface area contributed by atoms with E-state index in [-0.39, 0.29) is 6.10 Å². The highest BCUT2D eigenvalue weighted by Gasteiger charge is 2.17. The number of hydrogen-bond acceptors (Lipinski definition) is 7. The summed E-state index contributed by atoms with van der Waals surface area (Å²) in [6.07, 6.45) is 3.78. The van der Waals surface area contributed by atoms with Crippen LogP contribution in [0.3, 0.4) is 0 Å². The summed E-state index contributed by atoms with van der Waals surface area (Å²) in [7, 11) is 0. The molecule has 124 valence electrons. The second-order valence-corrected chi connectivity index (χ2v) is 6.76. The average Bonchev–Trinajstić information content (AvgIpc) is 3.10. The topological polar surface area (TPSA) is 63.2 Å². The van der Waals surface area contributed by atoms with Gasteiger partial charge in [-0.1, -0.05) is 6.07 Å². The van der Waals surface area contributed by atoms with E-state index in [1.807, 2.05) is 17.6 Å². The van der Waals surface area contributed by atoms with Gasteiger partial charge in [-0.15, -0.1) is 11.3 Å². The number of fused-ring (bicyclic) bond motifs is 1. The quantitative estimate of drug-likeness (QED) is 0.787. The molecule has 1 aliphatic rings. The Morgan fingerprint density at radius 2 is 2.25 bits per heavy atom. The number of rotatable bonds is 4. The minimum absolute atomic E-state index is 0.257. The van der Waals surface area contributed by atoms with E-state index in [9.17, 15) is 0 Å². The number of anilines is 2. The number of hydrogen-bond donors (Lipinski definition) is 1. The second-order valence-electron chi connectivity index (χ2n) is 5.87. The highest BCUT2D eigenvalue weighted by molar-refractivity contribution is 7.16. The maximum Gasteiger partial charge on any atom is 0.138 e. The molecule has 1 atom stereocenters. The van der Waals surface area contributed by atoms with Gasteiger partial charge in [0.25, 0.3) is 0 Å². The third-order valence-corrected chi connectivity index (χ3v) is 4.92. The van der Waals surface area contributed by atoms with Crippen molar-refractivity contribution >= 4 is 33.2 Å². The third kappa shape index (κ3) is 3.18. The van der Waals surface area contributed by atoms with Crippen LogP contribution in [0.2, 0.25) is 0 Å². The zero-order chi connectivity index (χ0) is 16.4. The fourth-order valence-corrected chi connectivity index (χ4v) is 3.58. The van der Waals surface area contributed by atoms with Crippen molar-refractivity contribution in [3.63, 3.8) is 0 Å². The largest absolute Gasteiger partial charge is 0.375 e. The van der Waals surface area contributed by atoms with Gasteiger partial charge in [0, 0.05) is 25.8 Å². The fraction of sp³-hybridized carbons (Fsp3) is 0.353. The Bertz CT molecular complexity index is 819. The molecule has 0 aliphatic carbocycles. The summed E-state index contributed by atoms with van der Waals surface area (Å²) < 4.78 is 5.58. The number of ether oxygens (including phenoxy) is 1. The van der Waals surface area contributed by atoms with Crippen molar-refractivity contribution in [2.24, 2.45) is 0 Å². The molecule has 1 fully saturated rings. The van der Waals surface area contributed by atoms with Crippen molar-refractivity contribution in [3.8, 4) is 0 Å². The summed E-state index contributed by atoms with van der Waals surface area (Å²) in [5, 5.41) is 6.47. The van der Waals surface area contributed by atoms with Gasteiger partial charge in [0.15, 0.2) is 0 Å². The molecule has 0 amide bonds. The molecule has 0 unspecified atom stereocenters. The first-order chi connectivity index (χ1) is 11.8. The Labute approximate surface area is 144 Å². The van der Waals surface area contributed by atoms with Crippen LogP contribution >= 0.6 is 11.3 Å². The highest BCUT2D eigenvalue weighted by atomic mass is 32.1. The summed E-state index contributed by atoms with van der Waals surface area (Å²) in [5.74, 6) is 1.88. The summed E-state index contributed by atoms with van der Waals surface area (Å²) >= 11 is 1.62. The van der Waals surface area contributed by atoms with E-state index in [2.05, 4.69) is 44.2 Å². The molecule has 0 saturated carbocycles. The van der Waals surface area contributed by atoms with Gasteiger partial charge in [0.05, 0.1) is 18.1 Å². The van der Waals surface area contributed by atoms with Crippen LogP contribution < -0.4 is 10.2 Å². The first-order valence-electron chi connectivity index (χ1n) is 8.03. The molecule has 4 rings (SSSR count). The van der Waals surface area contributed by atoms with Crippen molar-refractivity contribution in [2.45, 2.75) is 19.6 Å². The molecule has 6 nitrogen and oxygen atoms in total. The molecular formula is C17H19N5OS. The Balaban J connectivity index is 1.43. The van der Waals surface area contributed by atoms with E-state index in [1.165, 1.54) is 0 Å². The maximum absolute atomic E-state index is 5.58. The van der Waals surface area contributed by atoms with Crippen LogP contribution in [-0.4, -0.2) is 40.8 Å². The van der Waals surface area contributed by atoms with E-state index in [0.29, 0.717) is 6.54 Å². The van der Waals surface area contributed by atoms with Crippen LogP contribution in [-0.2, 0) is 11.3 Å². The minimum Gasteiger partial charge on any atom is -0.375 e. The molecular weight excluding hydrogens is 322 g/mol. The van der Waals surface area contributed by atoms with Crippen LogP contribution in [0.1, 0.15) is 12.5 Å². The lowest BCUT2D eigenvalue weighted by molar-refractivity contribution is 0.0529. The Morgan fingerprint density at radius 3 is 3.08 bits per heavy atom. The Morgan fingerprint density at radius 1 is 1.29 bits per heavy atom. The fourth-order valence-electron chi connectivity index (χ4n) is 2.85. The van der Waals surface area contributed by atoms with Crippen molar-refractivity contribution in [3.05, 3.63) is 41.7 Å². The molecule has 3 aromatic heterocycles. The van der Waals surface area contributed by atoms with Crippen molar-refractivity contribution in [1.82, 2.24) is 15.0 Å². The molecule has 1 aliphatic heterocycles. The van der Waals surface area contributed by atoms with Crippen LogP contribution in [0.25, 0.3) is 10.2 Å². The lowest BCUT2D eigenvalue weighted by Crippen LogP contribution is -2.41. The molecule has 3 aromatic rings. The monoisotopic (exact) mass is 341 g/mol. The van der Waals surface area contributed by atoms with Gasteiger partial charge in [0.2, 0.25) is 0 Å². The number of pyridine rings is 1. The number of nitrogens with zero attached hydrogens (tertiary/aromatic N) is 4. The zero-order valence-electron chi connectivity index (χ0n) is 13.5. The summed E-state index contributed by atoms with van der Waals surface area (Å²) in [6, 6.07) is 6.24. The Hall–Kier alpha value is -2.25. The summed E-state index contributed by atoms with van der Waals surface area (Å²) in [4.78, 5) is 16.5. The lowest BCUT2D eigenvalue weighted by Gasteiger charge is -2.32. The number of thiophene rings is 1. The average molecular weight is 341 g/mol. The van der Waals surface area contributed by atoms with Crippen LogP contribution in [0.5, 0.6) is 0 Å². The normalized spacial score (nSPS) is 18.0. The van der Waals surface area contributed by atoms with Crippen molar-refractivity contribution in [1.29, 1.82) is 0 Å². The standard InChI is InChI=1S/C17H19N5OS/c1-12-10-22(5-6-23-12)15-3-2-13(8-18-15)9-19-16-14-4-7-24-17(14)21-11-20-16/h2-4,7-8,11-12H,5-6,9-10H2,1H3,(H,19,20,21)/t12-/m1/s1. The number of morpholine rings is 1. The van der Waals surface area contributed by atoms with Crippen LogP contribution in [0, 0.1) is 0 Å². The molecule has 0 aromatic carbocycles. The van der Waals surface area contributed by atoms with E-state index in [1.54, 1.807) is 17.7 Å². The number of nitrogens with one attached hydrogen (secondary N) is 1. The van der Waals surface area contributed by atoms with E-state index in [4.69, 9.17) is 4.74 Å². The van der Waals surface area contributed by atoms with Crippen LogP contribution in [0.15, 0.2) is 36.1 Å². The second kappa shape index (κ2) is 6.70. The molecule has 1 saturated heterocycles. The number of aromatic nitrogens is 3. The lowest BCUT2D eigenvalue weighted by atomic mass is 10.2. The van der Waals surface area contributed by atoms with Gasteiger partial charge < -0.3 is 15.0 Å². The molecule has 1 N–H and O–H groups in total. The Kier molecular flexibility index (Phi) is 4.27. The van der Waals surface area contributed by atoms with E-state index >= 15 is 0 Å². The van der Waals surface area contributed by atoms with Crippen LogP contribution in [0.4, 0.5) is 11.6 Å². The van der Waals surface area contributed by atoms with Gasteiger partial charge >= 0.3 is 0 Å². The van der Waals surface area contributed by atoms with E-state index in [0.717, 1.165) is 47.1 Å². The first-order valence-corrected chi connectivity index (χ1v) is 8.91. The van der Waals surface area contributed by atoms with Gasteiger partial charge in [-0.2, -0.15) is 0 Å². The molecule has 0 spiro atoms. The SMILES string of the molecule is C[C@@H]1CN(c2ccc(CNc3ncnc4sccc34)cn2)CCO1. The van der Waals surface area contributed by atoms with Gasteiger partial charge in [-0.25, -0.2) is 15.0 Å². The smallest absolute Gasteiger partial charge is 0.138 e. The van der Waals surface area contributed by atoms with E-state index < -0.39 is 0 Å². The minimum atomic E-state index is 0.257. The van der Waals surface area contributed by atoms with Crippen molar-refractivity contribution < 1.29 is 4.74 Å². The maximum atomic E-state index is 5.58.